The first kappa shape index (κ1) is 20.4. The van der Waals surface area contributed by atoms with Gasteiger partial charge in [0.25, 0.3) is 11.8 Å². The molecule has 0 unspecified atom stereocenters. The SMILES string of the molecule is COc1ccccc1-n1nc(C)c2c3c(cnc21)C(=O)N(c1ccc(NC(C)=O)cc1)C3=O. The minimum absolute atomic E-state index is 0.209. The molecule has 164 valence electrons. The molecule has 4 aromatic rings. The molecule has 5 rings (SSSR count). The summed E-state index contributed by atoms with van der Waals surface area (Å²) in [6.07, 6.45) is 1.41. The van der Waals surface area contributed by atoms with Gasteiger partial charge in [0.05, 0.1) is 35.0 Å². The van der Waals surface area contributed by atoms with E-state index in [1.54, 1.807) is 43.0 Å². The van der Waals surface area contributed by atoms with Crippen molar-refractivity contribution in [3.05, 3.63) is 71.5 Å². The average molecular weight is 441 g/mol. The number of aromatic nitrogens is 3. The number of hydrogen-bond donors (Lipinski definition) is 1. The van der Waals surface area contributed by atoms with Crippen LogP contribution >= 0.6 is 0 Å². The van der Waals surface area contributed by atoms with E-state index in [-0.39, 0.29) is 17.0 Å². The molecule has 33 heavy (non-hydrogen) atoms. The lowest BCUT2D eigenvalue weighted by molar-refractivity contribution is -0.114. The van der Waals surface area contributed by atoms with Gasteiger partial charge in [0.2, 0.25) is 5.91 Å². The second kappa shape index (κ2) is 7.56. The number of methoxy groups -OCH3 is 1. The van der Waals surface area contributed by atoms with E-state index in [1.807, 2.05) is 24.3 Å². The van der Waals surface area contributed by atoms with Crippen molar-refractivity contribution in [2.75, 3.05) is 17.3 Å². The van der Waals surface area contributed by atoms with Crippen LogP contribution in [0, 0.1) is 6.92 Å². The lowest BCUT2D eigenvalue weighted by Gasteiger charge is -2.14. The standard InChI is InChI=1S/C24H19N5O4/c1-13-20-21-17(12-25-22(20)29(27-13)18-6-4-5-7-19(18)33-3)23(31)28(24(21)32)16-10-8-15(9-11-16)26-14(2)30/h4-12H,1-3H3,(H,26,30). The molecule has 9 heteroatoms. The number of imide groups is 1. The van der Waals surface area contributed by atoms with E-state index in [1.165, 1.54) is 13.1 Å². The third-order valence-electron chi connectivity index (χ3n) is 5.48. The Morgan fingerprint density at radius 3 is 2.45 bits per heavy atom. The summed E-state index contributed by atoms with van der Waals surface area (Å²) < 4.78 is 7.07. The molecular weight excluding hydrogens is 422 g/mol. The summed E-state index contributed by atoms with van der Waals surface area (Å²) in [6.45, 7) is 3.18. The number of fused-ring (bicyclic) bond motifs is 3. The van der Waals surface area contributed by atoms with Crippen LogP contribution in [0.1, 0.15) is 33.3 Å². The smallest absolute Gasteiger partial charge is 0.267 e. The van der Waals surface area contributed by atoms with Gasteiger partial charge >= 0.3 is 0 Å². The van der Waals surface area contributed by atoms with E-state index >= 15 is 0 Å². The Bertz CT molecular complexity index is 1460. The Kier molecular flexibility index (Phi) is 4.67. The number of rotatable bonds is 4. The zero-order chi connectivity index (χ0) is 23.3. The molecule has 0 atom stereocenters. The van der Waals surface area contributed by atoms with Crippen LogP contribution in [0.4, 0.5) is 11.4 Å². The van der Waals surface area contributed by atoms with Gasteiger partial charge in [-0.15, -0.1) is 0 Å². The molecule has 2 aromatic heterocycles. The summed E-state index contributed by atoms with van der Waals surface area (Å²) in [6, 6.07) is 13.9. The zero-order valence-corrected chi connectivity index (χ0v) is 18.1. The van der Waals surface area contributed by atoms with Gasteiger partial charge in [0.15, 0.2) is 5.65 Å². The Morgan fingerprint density at radius 1 is 1.03 bits per heavy atom. The first-order valence-electron chi connectivity index (χ1n) is 10.2. The van der Waals surface area contributed by atoms with Gasteiger partial charge in [-0.05, 0) is 43.3 Å². The average Bonchev–Trinajstić information content (AvgIpc) is 3.27. The lowest BCUT2D eigenvalue weighted by atomic mass is 10.1. The molecule has 1 aliphatic heterocycles. The number of anilines is 2. The number of carbonyl (C=O) groups excluding carboxylic acids is 3. The first-order chi connectivity index (χ1) is 15.9. The number of pyridine rings is 1. The number of amides is 3. The Labute approximate surface area is 188 Å². The van der Waals surface area contributed by atoms with E-state index in [0.717, 1.165) is 4.90 Å². The molecule has 0 radical (unpaired) electrons. The summed E-state index contributed by atoms with van der Waals surface area (Å²) in [7, 11) is 1.57. The van der Waals surface area contributed by atoms with Crippen LogP contribution in [0.3, 0.4) is 0 Å². The number of carbonyl (C=O) groups is 3. The number of nitrogens with zero attached hydrogens (tertiary/aromatic N) is 4. The number of hydrogen-bond acceptors (Lipinski definition) is 6. The minimum atomic E-state index is -0.457. The summed E-state index contributed by atoms with van der Waals surface area (Å²) >= 11 is 0. The summed E-state index contributed by atoms with van der Waals surface area (Å²) in [5, 5.41) is 7.78. The molecule has 1 aliphatic rings. The maximum atomic E-state index is 13.5. The molecule has 0 fully saturated rings. The van der Waals surface area contributed by atoms with E-state index in [4.69, 9.17) is 4.74 Å². The van der Waals surface area contributed by atoms with Gasteiger partial charge in [-0.2, -0.15) is 5.10 Å². The van der Waals surface area contributed by atoms with Gasteiger partial charge in [-0.1, -0.05) is 12.1 Å². The highest BCUT2D eigenvalue weighted by Gasteiger charge is 2.40. The summed E-state index contributed by atoms with van der Waals surface area (Å²) in [5.74, 6) is -0.509. The van der Waals surface area contributed by atoms with E-state index in [9.17, 15) is 14.4 Å². The highest BCUT2D eigenvalue weighted by Crippen LogP contribution is 2.35. The molecule has 0 spiro atoms. The molecule has 9 nitrogen and oxygen atoms in total. The summed E-state index contributed by atoms with van der Waals surface area (Å²) in [5.41, 5.74) is 3.17. The number of para-hydroxylation sites is 2. The fourth-order valence-electron chi connectivity index (χ4n) is 4.07. The topological polar surface area (TPSA) is 106 Å². The van der Waals surface area contributed by atoms with Gasteiger partial charge < -0.3 is 10.1 Å². The fraction of sp³-hybridized carbons (Fsp3) is 0.125. The van der Waals surface area contributed by atoms with E-state index < -0.39 is 11.8 Å². The van der Waals surface area contributed by atoms with Gasteiger partial charge in [-0.3, -0.25) is 14.4 Å². The highest BCUT2D eigenvalue weighted by molar-refractivity contribution is 6.37. The van der Waals surface area contributed by atoms with E-state index in [0.29, 0.717) is 39.5 Å². The zero-order valence-electron chi connectivity index (χ0n) is 18.1. The maximum absolute atomic E-state index is 13.5. The van der Waals surface area contributed by atoms with Gasteiger partial charge in [0.1, 0.15) is 11.4 Å². The minimum Gasteiger partial charge on any atom is -0.494 e. The Hall–Kier alpha value is -4.53. The van der Waals surface area contributed by atoms with Crippen LogP contribution in [-0.4, -0.2) is 39.6 Å². The number of ether oxygens (including phenoxy) is 1. The van der Waals surface area contributed by atoms with Crippen molar-refractivity contribution in [1.82, 2.24) is 14.8 Å². The third kappa shape index (κ3) is 3.13. The van der Waals surface area contributed by atoms with Crippen LogP contribution in [0.2, 0.25) is 0 Å². The normalized spacial score (nSPS) is 12.9. The molecule has 3 amide bonds. The Morgan fingerprint density at radius 2 is 1.76 bits per heavy atom. The lowest BCUT2D eigenvalue weighted by Crippen LogP contribution is -2.29. The van der Waals surface area contributed by atoms with Crippen LogP contribution in [0.5, 0.6) is 5.75 Å². The first-order valence-corrected chi connectivity index (χ1v) is 10.2. The van der Waals surface area contributed by atoms with Crippen LogP contribution in [0.15, 0.2) is 54.7 Å². The van der Waals surface area contributed by atoms with E-state index in [2.05, 4.69) is 15.4 Å². The molecule has 0 bridgehead atoms. The molecule has 0 aliphatic carbocycles. The summed E-state index contributed by atoms with van der Waals surface area (Å²) in [4.78, 5) is 43.5. The van der Waals surface area contributed by atoms with Crippen LogP contribution in [0.25, 0.3) is 16.7 Å². The van der Waals surface area contributed by atoms with Crippen LogP contribution in [-0.2, 0) is 4.79 Å². The molecular formula is C24H19N5O4. The molecule has 1 N–H and O–H groups in total. The number of nitrogens with one attached hydrogen (secondary N) is 1. The monoisotopic (exact) mass is 441 g/mol. The predicted octanol–water partition coefficient (Wildman–Crippen LogP) is 3.50. The third-order valence-corrected chi connectivity index (χ3v) is 5.48. The van der Waals surface area contributed by atoms with Crippen molar-refractivity contribution in [2.24, 2.45) is 0 Å². The predicted molar refractivity (Wildman–Crippen MR) is 122 cm³/mol. The van der Waals surface area contributed by atoms with Gasteiger partial charge in [0, 0.05) is 18.8 Å². The van der Waals surface area contributed by atoms with Crippen molar-refractivity contribution in [1.29, 1.82) is 0 Å². The number of benzene rings is 2. The molecule has 3 heterocycles. The molecule has 2 aromatic carbocycles. The largest absolute Gasteiger partial charge is 0.494 e. The van der Waals surface area contributed by atoms with Gasteiger partial charge in [-0.25, -0.2) is 14.6 Å². The highest BCUT2D eigenvalue weighted by atomic mass is 16.5. The number of aryl methyl sites for hydroxylation is 1. The molecule has 0 saturated heterocycles. The van der Waals surface area contributed by atoms with Crippen molar-refractivity contribution in [3.8, 4) is 11.4 Å². The molecule has 0 saturated carbocycles. The fourth-order valence-corrected chi connectivity index (χ4v) is 4.07. The van der Waals surface area contributed by atoms with Crippen molar-refractivity contribution >= 4 is 40.1 Å². The van der Waals surface area contributed by atoms with Crippen molar-refractivity contribution in [3.63, 3.8) is 0 Å². The van der Waals surface area contributed by atoms with Crippen LogP contribution < -0.4 is 15.0 Å². The van der Waals surface area contributed by atoms with Crippen molar-refractivity contribution < 1.29 is 19.1 Å². The quantitative estimate of drug-likeness (QED) is 0.486. The second-order valence-corrected chi connectivity index (χ2v) is 7.59. The Balaban J connectivity index is 1.62. The maximum Gasteiger partial charge on any atom is 0.267 e. The second-order valence-electron chi connectivity index (χ2n) is 7.59. The van der Waals surface area contributed by atoms with Crippen molar-refractivity contribution in [2.45, 2.75) is 13.8 Å².